The van der Waals surface area contributed by atoms with E-state index in [4.69, 9.17) is 19.9 Å². The number of hydrogen-bond acceptors (Lipinski definition) is 18. The SMILES string of the molecule is CCCCCCc1ccc(-c2ccc(-c3ccc(-c4sc(-c5sc(-c6sc(-c7nc(Nc8ccccc8)c8nc(-c9cc(CCCCCC)c(-c%10cc(CCCCCC)c(-c%11cc(CCCCCC)c(-c%12ccc(-c%13ccc(-c%14ccc(CCCCCC)s%14)s%13)s%12)s%11)s%10)s9)nc(Nc9ccccc9)c8n7)cc6CCCCCC)cc5CCCCCC)cc4CCCCCC)s3)s2)s1. The maximum absolute atomic E-state index is 5.77. The van der Waals surface area contributed by atoms with E-state index in [0.717, 1.165) is 72.5 Å². The van der Waals surface area contributed by atoms with Gasteiger partial charge in [-0.25, -0.2) is 19.9 Å². The van der Waals surface area contributed by atoms with Crippen LogP contribution in [0.2, 0.25) is 0 Å². The average molecular weight is 1970 g/mol. The van der Waals surface area contributed by atoms with Crippen molar-refractivity contribution < 1.29 is 0 Å². The highest BCUT2D eigenvalue weighted by molar-refractivity contribution is 7.32. The van der Waals surface area contributed by atoms with Crippen LogP contribution in [0.15, 0.2) is 170 Å². The van der Waals surface area contributed by atoms with Crippen molar-refractivity contribution in [1.29, 1.82) is 0 Å². The fraction of sp³-hybridized carbons (Fsp3) is 0.421. The van der Waals surface area contributed by atoms with Gasteiger partial charge in [-0.3, -0.25) is 0 Å². The van der Waals surface area contributed by atoms with E-state index >= 15 is 0 Å². The molecule has 0 amide bonds. The highest BCUT2D eigenvalue weighted by atomic mass is 32.1. The molecule has 16 aromatic rings. The molecule has 2 N–H and O–H groups in total. The lowest BCUT2D eigenvalue weighted by Gasteiger charge is -2.14. The van der Waals surface area contributed by atoms with Gasteiger partial charge in [-0.1, -0.05) is 246 Å². The number of rotatable bonds is 56. The Labute approximate surface area is 836 Å². The molecule has 14 heterocycles. The van der Waals surface area contributed by atoms with E-state index < -0.39 is 0 Å². The van der Waals surface area contributed by atoms with Crippen LogP contribution in [-0.2, 0) is 51.4 Å². The monoisotopic (exact) mass is 1970 g/mol. The number of aromatic nitrogens is 4. The van der Waals surface area contributed by atoms with Gasteiger partial charge in [0.1, 0.15) is 11.0 Å². The van der Waals surface area contributed by atoms with Gasteiger partial charge in [-0.15, -0.1) is 136 Å². The number of nitrogens with one attached hydrogen (secondary N) is 2. The molecule has 0 aliphatic rings. The first-order chi connectivity index (χ1) is 65.1. The van der Waals surface area contributed by atoms with Crippen LogP contribution >= 0.6 is 136 Å². The molecule has 0 bridgehead atoms. The summed E-state index contributed by atoms with van der Waals surface area (Å²) in [6.45, 7) is 18.6. The minimum atomic E-state index is 0.660. The second-order valence-corrected chi connectivity index (χ2v) is 48.9. The molecule has 692 valence electrons. The molecule has 0 saturated heterocycles. The van der Waals surface area contributed by atoms with Gasteiger partial charge in [0.25, 0.3) is 0 Å². The minimum absolute atomic E-state index is 0.660. The lowest BCUT2D eigenvalue weighted by molar-refractivity contribution is 0.667. The van der Waals surface area contributed by atoms with Crippen LogP contribution in [0.5, 0.6) is 0 Å². The van der Waals surface area contributed by atoms with Crippen LogP contribution in [-0.4, -0.2) is 19.9 Å². The van der Waals surface area contributed by atoms with Crippen LogP contribution in [0, 0.1) is 0 Å². The Morgan fingerprint density at radius 3 is 0.682 bits per heavy atom. The molecule has 0 aliphatic carbocycles. The van der Waals surface area contributed by atoms with Gasteiger partial charge in [0.2, 0.25) is 0 Å². The van der Waals surface area contributed by atoms with Crippen LogP contribution in [0.25, 0.3) is 130 Å². The first-order valence-electron chi connectivity index (χ1n) is 50.2. The molecule has 14 aromatic heterocycles. The fourth-order valence-corrected chi connectivity index (χ4v) is 32.4. The molecule has 0 atom stereocenters. The standard InChI is InChI=1S/C114H134N6S12/c1-9-17-25-35-47-77-71-97(127-105(77)95-69-67-93(125-95)91-65-63-89(123-91)87-61-59-85(121-87)57-45-31-23-15-7)107-79(49-37-27-19-11-3)73-99(129-107)109-81(51-39-29-21-13-5)75-101(131-109)111-117-103-104(113(119-111)115-83-53-41-33-42-54-83)118-112(120-114(103)116-84-55-43-34-44-56-84)102-76-82(52-40-30-22-14-6)110(132-102)100-74-80(50-38-28-20-12-4)108(130-100)98-72-78(48-36-26-18-10-2)106(128-98)96-70-68-94(126-96)92-66-64-90(124-92)88-62-60-86(122-88)58-46-32-24-16-8/h33-34,41-44,53-56,59-76H,9-32,35-40,45-52,57-58H2,1-8H3,(H,115,117,119)(H,116,118,120). The Morgan fingerprint density at radius 1 is 0.189 bits per heavy atom. The van der Waals surface area contributed by atoms with Crippen LogP contribution < -0.4 is 10.6 Å². The predicted molar refractivity (Wildman–Crippen MR) is 597 cm³/mol. The molecule has 0 unspecified atom stereocenters. The van der Waals surface area contributed by atoms with E-state index in [9.17, 15) is 0 Å². The maximum Gasteiger partial charge on any atom is 0.172 e. The van der Waals surface area contributed by atoms with E-state index in [1.165, 1.54) is 346 Å². The second-order valence-electron chi connectivity index (χ2n) is 35.9. The quantitative estimate of drug-likeness (QED) is 0.0370. The first-order valence-corrected chi connectivity index (χ1v) is 60.0. The summed E-state index contributed by atoms with van der Waals surface area (Å²) in [7, 11) is 0. The largest absolute Gasteiger partial charge is 0.338 e. The third-order valence-electron chi connectivity index (χ3n) is 25.3. The third-order valence-corrected chi connectivity index (χ3v) is 40.9. The van der Waals surface area contributed by atoms with Crippen molar-refractivity contribution in [3.63, 3.8) is 0 Å². The summed E-state index contributed by atoms with van der Waals surface area (Å²) in [5.74, 6) is 2.67. The number of aryl methyl sites for hydroxylation is 8. The normalized spacial score (nSPS) is 11.8. The van der Waals surface area contributed by atoms with Gasteiger partial charge < -0.3 is 10.6 Å². The molecular formula is C114H134N6S12. The molecule has 6 nitrogen and oxygen atoms in total. The zero-order valence-electron chi connectivity index (χ0n) is 79.1. The Hall–Kier alpha value is -7.14. The maximum atomic E-state index is 5.77. The fourth-order valence-electron chi connectivity index (χ4n) is 17.9. The molecular weight excluding hydrogens is 1840 g/mol. The molecule has 0 spiro atoms. The second kappa shape index (κ2) is 50.3. The number of benzene rings is 2. The molecule has 0 aliphatic heterocycles. The van der Waals surface area contributed by atoms with Crippen molar-refractivity contribution in [2.45, 2.75) is 312 Å². The minimum Gasteiger partial charge on any atom is -0.338 e. The Bertz CT molecular complexity index is 5850. The summed E-state index contributed by atoms with van der Waals surface area (Å²) in [5.41, 5.74) is 12.0. The number of para-hydroxylation sites is 2. The smallest absolute Gasteiger partial charge is 0.172 e. The van der Waals surface area contributed by atoms with E-state index in [1.54, 1.807) is 0 Å². The summed E-state index contributed by atoms with van der Waals surface area (Å²) >= 11 is 23.8. The zero-order chi connectivity index (χ0) is 90.8. The average Bonchev–Trinajstić information content (AvgIpc) is 1.37. The summed E-state index contributed by atoms with van der Waals surface area (Å²) in [6.07, 6.45) is 48.3. The van der Waals surface area contributed by atoms with Crippen LogP contribution in [0.4, 0.5) is 23.0 Å². The van der Waals surface area contributed by atoms with Gasteiger partial charge in [0.15, 0.2) is 23.3 Å². The number of nitrogens with zero attached hydrogens (tertiary/aromatic N) is 4. The Kier molecular flexibility index (Phi) is 37.3. The Balaban J connectivity index is 0.771. The van der Waals surface area contributed by atoms with Crippen molar-refractivity contribution in [2.75, 3.05) is 10.6 Å². The van der Waals surface area contributed by atoms with Crippen molar-refractivity contribution >= 4 is 170 Å². The molecule has 0 radical (unpaired) electrons. The molecule has 2 aromatic carbocycles. The first kappa shape index (κ1) is 97.9. The third kappa shape index (κ3) is 25.6. The number of thiophene rings is 12. The lowest BCUT2D eigenvalue weighted by atomic mass is 10.0. The van der Waals surface area contributed by atoms with Gasteiger partial charge >= 0.3 is 0 Å². The van der Waals surface area contributed by atoms with Crippen LogP contribution in [0.3, 0.4) is 0 Å². The van der Waals surface area contributed by atoms with Gasteiger partial charge in [-0.05, 0) is 270 Å². The Morgan fingerprint density at radius 2 is 0.409 bits per heavy atom. The molecule has 0 fully saturated rings. The van der Waals surface area contributed by atoms with E-state index in [-0.39, 0.29) is 0 Å². The number of fused-ring (bicyclic) bond motifs is 1. The summed E-state index contributed by atoms with van der Waals surface area (Å²) < 4.78 is 0. The van der Waals surface area contributed by atoms with Crippen molar-refractivity contribution in [3.05, 3.63) is 213 Å². The molecule has 16 rings (SSSR count). The highest BCUT2D eigenvalue weighted by Crippen LogP contribution is 2.55. The van der Waals surface area contributed by atoms with E-state index in [2.05, 4.69) is 236 Å². The zero-order valence-corrected chi connectivity index (χ0v) is 88.9. The van der Waals surface area contributed by atoms with E-state index in [1.807, 2.05) is 136 Å². The number of unbranched alkanes of at least 4 members (excludes halogenated alkanes) is 24. The molecule has 18 heteroatoms. The van der Waals surface area contributed by atoms with Crippen LogP contribution in [0.1, 0.15) is 304 Å². The number of anilines is 4. The predicted octanol–water partition coefficient (Wildman–Crippen LogP) is 41.6. The van der Waals surface area contributed by atoms with E-state index in [0.29, 0.717) is 34.3 Å². The van der Waals surface area contributed by atoms with Gasteiger partial charge in [-0.2, -0.15) is 0 Å². The van der Waals surface area contributed by atoms with Gasteiger partial charge in [0.05, 0.1) is 9.75 Å². The van der Waals surface area contributed by atoms with Crippen molar-refractivity contribution in [3.8, 4) is 119 Å². The topological polar surface area (TPSA) is 75.6 Å². The van der Waals surface area contributed by atoms with Crippen molar-refractivity contribution in [1.82, 2.24) is 19.9 Å². The summed E-state index contributed by atoms with van der Waals surface area (Å²) in [5, 5.41) is 7.77. The number of hydrogen-bond donors (Lipinski definition) is 2. The van der Waals surface area contributed by atoms with Gasteiger partial charge in [0, 0.05) is 119 Å². The lowest BCUT2D eigenvalue weighted by Crippen LogP contribution is -2.05. The molecule has 0 saturated carbocycles. The summed E-state index contributed by atoms with van der Waals surface area (Å²) in [4.78, 5) is 56.1. The van der Waals surface area contributed by atoms with Crippen molar-refractivity contribution in [2.24, 2.45) is 0 Å². The molecule has 132 heavy (non-hydrogen) atoms. The summed E-state index contributed by atoms with van der Waals surface area (Å²) in [6, 6.07) is 65.2. The highest BCUT2D eigenvalue weighted by Gasteiger charge is 2.29.